The number of amides is 1. The van der Waals surface area contributed by atoms with Gasteiger partial charge in [-0.25, -0.2) is 4.39 Å². The quantitative estimate of drug-likeness (QED) is 0.680. The van der Waals surface area contributed by atoms with Gasteiger partial charge in [0.2, 0.25) is 5.91 Å². The lowest BCUT2D eigenvalue weighted by Crippen LogP contribution is -2.25. The lowest BCUT2D eigenvalue weighted by Gasteiger charge is -2.16. The molecule has 1 aromatic carbocycles. The Hall–Kier alpha value is -1.58. The molecule has 2 rings (SSSR count). The van der Waals surface area contributed by atoms with Gasteiger partial charge in [-0.3, -0.25) is 4.79 Å². The summed E-state index contributed by atoms with van der Waals surface area (Å²) in [6.07, 6.45) is 0.437. The van der Waals surface area contributed by atoms with Crippen molar-refractivity contribution in [3.63, 3.8) is 0 Å². The molecular weight excluding hydrogens is 183 g/mol. The minimum atomic E-state index is -0.327. The summed E-state index contributed by atoms with van der Waals surface area (Å²) in [6.45, 7) is 0.599. The predicted molar refractivity (Wildman–Crippen MR) is 52.9 cm³/mol. The Morgan fingerprint density at radius 2 is 2.29 bits per heavy atom. The largest absolute Gasteiger partial charge is 0.383 e. The summed E-state index contributed by atoms with van der Waals surface area (Å²) in [6, 6.07) is 4.40. The van der Waals surface area contributed by atoms with Crippen molar-refractivity contribution in [1.29, 1.82) is 0 Å². The molecule has 1 amide bonds. The molecule has 0 aliphatic carbocycles. The Morgan fingerprint density at radius 1 is 1.50 bits per heavy atom. The molecule has 0 radical (unpaired) electrons. The van der Waals surface area contributed by atoms with E-state index in [2.05, 4.69) is 5.32 Å². The zero-order valence-electron chi connectivity index (χ0n) is 7.88. The van der Waals surface area contributed by atoms with Crippen LogP contribution in [-0.4, -0.2) is 19.5 Å². The number of hydrogen-bond donors (Lipinski definition) is 1. The summed E-state index contributed by atoms with van der Waals surface area (Å²) in [5, 5.41) is 3.08. The topological polar surface area (TPSA) is 32.3 Å². The van der Waals surface area contributed by atoms with Crippen LogP contribution in [0.3, 0.4) is 0 Å². The average Bonchev–Trinajstić information content (AvgIpc) is 2.30. The Kier molecular flexibility index (Phi) is 2.11. The second-order valence-corrected chi connectivity index (χ2v) is 3.29. The molecular formula is C10H11FN2O. The highest BCUT2D eigenvalue weighted by Gasteiger charge is 2.18. The zero-order valence-corrected chi connectivity index (χ0v) is 7.88. The lowest BCUT2D eigenvalue weighted by atomic mass is 10.2. The molecule has 0 spiro atoms. The van der Waals surface area contributed by atoms with Crippen LogP contribution >= 0.6 is 0 Å². The predicted octanol–water partition coefficient (Wildman–Crippen LogP) is 1.60. The van der Waals surface area contributed by atoms with Gasteiger partial charge in [-0.1, -0.05) is 0 Å². The molecule has 1 aliphatic heterocycles. The Morgan fingerprint density at radius 3 is 3.07 bits per heavy atom. The average molecular weight is 194 g/mol. The first-order valence-corrected chi connectivity index (χ1v) is 4.48. The fourth-order valence-electron chi connectivity index (χ4n) is 1.54. The second-order valence-electron chi connectivity index (χ2n) is 3.29. The molecule has 4 heteroatoms. The number of nitrogens with one attached hydrogen (secondary N) is 1. The molecule has 0 fully saturated rings. The van der Waals surface area contributed by atoms with Crippen LogP contribution in [0.1, 0.15) is 6.42 Å². The molecule has 0 atom stereocenters. The van der Waals surface area contributed by atoms with Gasteiger partial charge < -0.3 is 10.2 Å². The third kappa shape index (κ3) is 1.43. The van der Waals surface area contributed by atoms with Crippen LogP contribution in [0, 0.1) is 5.82 Å². The summed E-state index contributed by atoms with van der Waals surface area (Å²) in [4.78, 5) is 12.9. The van der Waals surface area contributed by atoms with Crippen LogP contribution < -0.4 is 10.2 Å². The van der Waals surface area contributed by atoms with E-state index in [1.165, 1.54) is 17.0 Å². The van der Waals surface area contributed by atoms with Crippen molar-refractivity contribution >= 4 is 17.3 Å². The number of nitrogens with zero attached hydrogens (tertiary/aromatic N) is 1. The van der Waals surface area contributed by atoms with E-state index in [4.69, 9.17) is 0 Å². The minimum Gasteiger partial charge on any atom is -0.383 e. The highest BCUT2D eigenvalue weighted by molar-refractivity contribution is 5.97. The SMILES string of the molecule is CN1C(=O)CCNc2ccc(F)cc21. The number of carbonyl (C=O) groups is 1. The summed E-state index contributed by atoms with van der Waals surface area (Å²) in [5.74, 6) is -0.325. The molecule has 1 N–H and O–H groups in total. The lowest BCUT2D eigenvalue weighted by molar-refractivity contribution is -0.118. The van der Waals surface area contributed by atoms with Gasteiger partial charge in [0.05, 0.1) is 11.4 Å². The molecule has 0 saturated heterocycles. The van der Waals surface area contributed by atoms with Crippen molar-refractivity contribution in [1.82, 2.24) is 0 Å². The maximum atomic E-state index is 13.0. The number of anilines is 2. The number of fused-ring (bicyclic) bond motifs is 1. The number of benzene rings is 1. The monoisotopic (exact) mass is 194 g/mol. The highest BCUT2D eigenvalue weighted by Crippen LogP contribution is 2.28. The van der Waals surface area contributed by atoms with Gasteiger partial charge in [0.1, 0.15) is 5.82 Å². The molecule has 1 heterocycles. The molecule has 3 nitrogen and oxygen atoms in total. The number of rotatable bonds is 0. The molecule has 0 aromatic heterocycles. The van der Waals surface area contributed by atoms with Crippen molar-refractivity contribution in [3.05, 3.63) is 24.0 Å². The van der Waals surface area contributed by atoms with Gasteiger partial charge >= 0.3 is 0 Å². The first-order chi connectivity index (χ1) is 6.68. The molecule has 0 saturated carbocycles. The van der Waals surface area contributed by atoms with Gasteiger partial charge in [0.25, 0.3) is 0 Å². The molecule has 74 valence electrons. The van der Waals surface area contributed by atoms with Crippen LogP contribution in [0.4, 0.5) is 15.8 Å². The van der Waals surface area contributed by atoms with Gasteiger partial charge in [-0.05, 0) is 18.2 Å². The maximum Gasteiger partial charge on any atom is 0.228 e. The van der Waals surface area contributed by atoms with E-state index < -0.39 is 0 Å². The Bertz CT molecular complexity index is 378. The molecule has 14 heavy (non-hydrogen) atoms. The summed E-state index contributed by atoms with van der Waals surface area (Å²) >= 11 is 0. The van der Waals surface area contributed by atoms with Crippen molar-refractivity contribution < 1.29 is 9.18 Å². The van der Waals surface area contributed by atoms with Gasteiger partial charge in [-0.15, -0.1) is 0 Å². The van der Waals surface area contributed by atoms with Crippen LogP contribution in [0.15, 0.2) is 18.2 Å². The maximum absolute atomic E-state index is 13.0. The van der Waals surface area contributed by atoms with E-state index in [0.717, 1.165) is 5.69 Å². The fourth-order valence-corrected chi connectivity index (χ4v) is 1.54. The van der Waals surface area contributed by atoms with Crippen molar-refractivity contribution in [2.45, 2.75) is 6.42 Å². The van der Waals surface area contributed by atoms with Crippen LogP contribution in [0.25, 0.3) is 0 Å². The second kappa shape index (κ2) is 3.29. The Balaban J connectivity index is 2.49. The molecule has 0 bridgehead atoms. The standard InChI is InChI=1S/C10H11FN2O/c1-13-9-6-7(11)2-3-8(9)12-5-4-10(13)14/h2-3,6,12H,4-5H2,1H3. The van der Waals surface area contributed by atoms with Gasteiger partial charge in [0.15, 0.2) is 0 Å². The molecule has 0 unspecified atom stereocenters. The Labute approximate surface area is 81.5 Å². The molecule has 1 aliphatic rings. The van der Waals surface area contributed by atoms with Crippen molar-refractivity contribution in [2.75, 3.05) is 23.8 Å². The first kappa shape index (κ1) is 8.99. The van der Waals surface area contributed by atoms with Crippen LogP contribution in [0.2, 0.25) is 0 Å². The number of hydrogen-bond acceptors (Lipinski definition) is 2. The van der Waals surface area contributed by atoms with Crippen LogP contribution in [0.5, 0.6) is 0 Å². The van der Waals surface area contributed by atoms with E-state index in [-0.39, 0.29) is 11.7 Å². The van der Waals surface area contributed by atoms with E-state index in [0.29, 0.717) is 18.7 Å². The van der Waals surface area contributed by atoms with E-state index in [9.17, 15) is 9.18 Å². The normalized spacial score (nSPS) is 15.9. The zero-order chi connectivity index (χ0) is 10.1. The van der Waals surface area contributed by atoms with Crippen molar-refractivity contribution in [2.24, 2.45) is 0 Å². The summed E-state index contributed by atoms with van der Waals surface area (Å²) in [7, 11) is 1.66. The van der Waals surface area contributed by atoms with E-state index in [1.54, 1.807) is 13.1 Å². The summed E-state index contributed by atoms with van der Waals surface area (Å²) in [5.41, 5.74) is 1.41. The summed E-state index contributed by atoms with van der Waals surface area (Å²) < 4.78 is 13.0. The third-order valence-electron chi connectivity index (χ3n) is 2.35. The van der Waals surface area contributed by atoms with E-state index in [1.807, 2.05) is 0 Å². The highest BCUT2D eigenvalue weighted by atomic mass is 19.1. The third-order valence-corrected chi connectivity index (χ3v) is 2.35. The van der Waals surface area contributed by atoms with Crippen molar-refractivity contribution in [3.8, 4) is 0 Å². The molecule has 1 aromatic rings. The fraction of sp³-hybridized carbons (Fsp3) is 0.300. The van der Waals surface area contributed by atoms with E-state index >= 15 is 0 Å². The minimum absolute atomic E-state index is 0.00171. The smallest absolute Gasteiger partial charge is 0.228 e. The van der Waals surface area contributed by atoms with Crippen LogP contribution in [-0.2, 0) is 4.79 Å². The van der Waals surface area contributed by atoms with Gasteiger partial charge in [-0.2, -0.15) is 0 Å². The number of halogens is 1. The first-order valence-electron chi connectivity index (χ1n) is 4.48. The van der Waals surface area contributed by atoms with Gasteiger partial charge in [0, 0.05) is 20.0 Å². The number of carbonyl (C=O) groups excluding carboxylic acids is 1.